The molecule has 3 heterocycles. The van der Waals surface area contributed by atoms with Crippen molar-refractivity contribution in [2.45, 2.75) is 6.42 Å². The highest BCUT2D eigenvalue weighted by molar-refractivity contribution is 7.27. The summed E-state index contributed by atoms with van der Waals surface area (Å²) < 4.78 is 5.07. The Labute approximate surface area is 287 Å². The predicted molar refractivity (Wildman–Crippen MR) is 210 cm³/mol. The fourth-order valence-electron chi connectivity index (χ4n) is 7.46. The number of benzene rings is 7. The molecule has 0 aliphatic carbocycles. The zero-order valence-electron chi connectivity index (χ0n) is 26.5. The van der Waals surface area contributed by atoms with Gasteiger partial charge in [-0.3, -0.25) is 0 Å². The van der Waals surface area contributed by atoms with Crippen LogP contribution in [0.15, 0.2) is 174 Å². The topological polar surface area (TPSA) is 29.6 Å². The van der Waals surface area contributed by atoms with E-state index in [1.54, 1.807) is 0 Å². The molecule has 0 amide bonds. The molecule has 3 nitrogen and oxygen atoms in total. The van der Waals surface area contributed by atoms with Crippen molar-refractivity contribution in [3.8, 4) is 5.69 Å². The van der Waals surface area contributed by atoms with Crippen molar-refractivity contribution >= 4 is 81.3 Å². The first-order valence-corrected chi connectivity index (χ1v) is 17.5. The van der Waals surface area contributed by atoms with E-state index >= 15 is 0 Å². The van der Waals surface area contributed by atoms with Crippen molar-refractivity contribution in [1.29, 1.82) is 0 Å². The molecule has 0 N–H and O–H groups in total. The molecule has 0 saturated heterocycles. The van der Waals surface area contributed by atoms with Gasteiger partial charge < -0.3 is 4.57 Å². The minimum atomic E-state index is 0.699. The Morgan fingerprint density at radius 3 is 1.94 bits per heavy atom. The first-order valence-electron chi connectivity index (χ1n) is 16.6. The van der Waals surface area contributed by atoms with Crippen LogP contribution in [0.25, 0.3) is 64.1 Å². The smallest absolute Gasteiger partial charge is 0.160 e. The summed E-state index contributed by atoms with van der Waals surface area (Å²) in [6.07, 6.45) is 2.90. The van der Waals surface area contributed by atoms with Crippen LogP contribution in [0.1, 0.15) is 23.1 Å². The van der Waals surface area contributed by atoms with Crippen molar-refractivity contribution in [2.24, 2.45) is 9.98 Å². The van der Waals surface area contributed by atoms with Crippen LogP contribution in [-0.2, 0) is 0 Å². The van der Waals surface area contributed by atoms with Gasteiger partial charge in [0, 0.05) is 43.9 Å². The molecule has 49 heavy (non-hydrogen) atoms. The maximum atomic E-state index is 5.27. The second-order valence-corrected chi connectivity index (χ2v) is 13.5. The molecule has 0 unspecified atom stereocenters. The van der Waals surface area contributed by atoms with Gasteiger partial charge in [-0.15, -0.1) is 11.3 Å². The van der Waals surface area contributed by atoms with Crippen molar-refractivity contribution in [1.82, 2.24) is 4.57 Å². The number of para-hydroxylation sites is 1. The number of hydrogen-bond acceptors (Lipinski definition) is 3. The normalized spacial score (nSPS) is 13.6. The number of amidine groups is 1. The van der Waals surface area contributed by atoms with Crippen LogP contribution in [0.2, 0.25) is 0 Å². The van der Waals surface area contributed by atoms with Crippen LogP contribution in [0, 0.1) is 0 Å². The maximum absolute atomic E-state index is 5.27. The molecule has 0 radical (unpaired) electrons. The number of hydrogen-bond donors (Lipinski definition) is 0. The van der Waals surface area contributed by atoms with Gasteiger partial charge in [0.25, 0.3) is 0 Å². The molecule has 1 aliphatic rings. The van der Waals surface area contributed by atoms with Gasteiger partial charge in [0.05, 0.1) is 27.1 Å². The molecule has 4 heteroatoms. The highest BCUT2D eigenvalue weighted by Gasteiger charge is 2.22. The Morgan fingerprint density at radius 1 is 0.510 bits per heavy atom. The number of thiophene rings is 1. The number of rotatable bonds is 4. The van der Waals surface area contributed by atoms with E-state index in [-0.39, 0.29) is 0 Å². The van der Waals surface area contributed by atoms with Crippen LogP contribution in [0.3, 0.4) is 0 Å². The van der Waals surface area contributed by atoms with E-state index in [4.69, 9.17) is 9.98 Å². The first-order chi connectivity index (χ1) is 24.3. The summed E-state index contributed by atoms with van der Waals surface area (Å²) in [5, 5.41) is 7.76. The summed E-state index contributed by atoms with van der Waals surface area (Å²) in [6.45, 7) is 0. The lowest BCUT2D eigenvalue weighted by atomic mass is 9.99. The number of fused-ring (bicyclic) bond motifs is 10. The van der Waals surface area contributed by atoms with Gasteiger partial charge in [-0.1, -0.05) is 140 Å². The minimum Gasteiger partial charge on any atom is -0.308 e. The zero-order chi connectivity index (χ0) is 32.3. The Hall–Kier alpha value is -6.10. The molecule has 0 spiro atoms. The highest BCUT2D eigenvalue weighted by atomic mass is 32.1. The van der Waals surface area contributed by atoms with Crippen LogP contribution >= 0.6 is 11.3 Å². The third-order valence-electron chi connectivity index (χ3n) is 9.65. The Kier molecular flexibility index (Phi) is 6.42. The summed E-state index contributed by atoms with van der Waals surface area (Å²) in [7, 11) is 0. The SMILES string of the molecule is C1=C(c2ccccc2)N=C(c2cccc(-n3c4ccccc4c4c5ccccc5c5c6ccccc6sc5c43)c2)N=C(c2ccccc2)C1. The van der Waals surface area contributed by atoms with E-state index in [0.717, 1.165) is 33.8 Å². The molecule has 7 aromatic carbocycles. The van der Waals surface area contributed by atoms with E-state index in [2.05, 4.69) is 156 Å². The van der Waals surface area contributed by atoms with Gasteiger partial charge in [-0.05, 0) is 46.2 Å². The predicted octanol–water partition coefficient (Wildman–Crippen LogP) is 12.0. The van der Waals surface area contributed by atoms with E-state index in [0.29, 0.717) is 12.3 Å². The van der Waals surface area contributed by atoms with Gasteiger partial charge >= 0.3 is 0 Å². The summed E-state index contributed by atoms with van der Waals surface area (Å²) >= 11 is 1.89. The molecule has 0 saturated carbocycles. The minimum absolute atomic E-state index is 0.699. The monoisotopic (exact) mass is 643 g/mol. The van der Waals surface area contributed by atoms with Crippen molar-refractivity contribution in [3.05, 3.63) is 180 Å². The van der Waals surface area contributed by atoms with E-state index < -0.39 is 0 Å². The molecule has 10 rings (SSSR count). The quantitative estimate of drug-likeness (QED) is 0.183. The average molecular weight is 644 g/mol. The lowest BCUT2D eigenvalue weighted by molar-refractivity contribution is 1.18. The molecule has 0 bridgehead atoms. The molecular formula is C45H29N3S. The van der Waals surface area contributed by atoms with Crippen molar-refractivity contribution < 1.29 is 0 Å². The van der Waals surface area contributed by atoms with Gasteiger partial charge in [-0.2, -0.15) is 0 Å². The Bertz CT molecular complexity index is 2840. The van der Waals surface area contributed by atoms with Gasteiger partial charge in [0.1, 0.15) is 0 Å². The average Bonchev–Trinajstić information content (AvgIpc) is 3.64. The fraction of sp³-hybridized carbons (Fsp3) is 0.0222. The third kappa shape index (κ3) is 4.49. The van der Waals surface area contributed by atoms with Crippen LogP contribution in [-0.4, -0.2) is 16.1 Å². The largest absolute Gasteiger partial charge is 0.308 e. The van der Waals surface area contributed by atoms with Gasteiger partial charge in [-0.25, -0.2) is 9.98 Å². The summed E-state index contributed by atoms with van der Waals surface area (Å²) in [5.41, 5.74) is 8.64. The Balaban J connectivity index is 1.26. The van der Waals surface area contributed by atoms with E-state index in [9.17, 15) is 0 Å². The summed E-state index contributed by atoms with van der Waals surface area (Å²) in [6, 6.07) is 56.2. The second-order valence-electron chi connectivity index (χ2n) is 12.5. The van der Waals surface area contributed by atoms with E-state index in [1.807, 2.05) is 23.5 Å². The molecule has 0 fully saturated rings. The fourth-order valence-corrected chi connectivity index (χ4v) is 8.72. The first kappa shape index (κ1) is 28.0. The molecule has 1 aliphatic heterocycles. The third-order valence-corrected chi connectivity index (χ3v) is 10.8. The van der Waals surface area contributed by atoms with Gasteiger partial charge in [0.2, 0.25) is 0 Å². The maximum Gasteiger partial charge on any atom is 0.160 e. The highest BCUT2D eigenvalue weighted by Crippen LogP contribution is 2.47. The van der Waals surface area contributed by atoms with Gasteiger partial charge in [0.15, 0.2) is 5.84 Å². The zero-order valence-corrected chi connectivity index (χ0v) is 27.4. The molecule has 9 aromatic rings. The lowest BCUT2D eigenvalue weighted by Gasteiger charge is -2.12. The standard InChI is InChI=1S/C45H29N3S/c1-3-14-29(15-4-1)37-26-27-38(30-16-5-2-6-17-30)47-45(46-37)31-18-13-19-32(28-31)48-39-24-11-9-22-35(39)41-33-20-7-8-21-34(33)42-36-23-10-12-25-40(36)49-44(42)43(41)48/h1-26,28H,27H2. The molecule has 2 aromatic heterocycles. The van der Waals surface area contributed by atoms with Crippen LogP contribution < -0.4 is 0 Å². The number of allylic oxidation sites excluding steroid dienone is 1. The second kappa shape index (κ2) is 11.3. The molecular weight excluding hydrogens is 615 g/mol. The van der Waals surface area contributed by atoms with Crippen molar-refractivity contribution in [3.63, 3.8) is 0 Å². The number of nitrogens with zero attached hydrogens (tertiary/aromatic N) is 3. The van der Waals surface area contributed by atoms with Crippen LogP contribution in [0.4, 0.5) is 0 Å². The summed E-state index contributed by atoms with van der Waals surface area (Å²) in [4.78, 5) is 10.5. The molecule has 230 valence electrons. The van der Waals surface area contributed by atoms with Crippen LogP contribution in [0.5, 0.6) is 0 Å². The van der Waals surface area contributed by atoms with E-state index in [1.165, 1.54) is 52.8 Å². The number of aliphatic imine (C=N–C) groups is 2. The summed E-state index contributed by atoms with van der Waals surface area (Å²) in [5.74, 6) is 0.714. The lowest BCUT2D eigenvalue weighted by Crippen LogP contribution is -2.06. The van der Waals surface area contributed by atoms with Crippen molar-refractivity contribution in [2.75, 3.05) is 0 Å². The number of aromatic nitrogens is 1. The Morgan fingerprint density at radius 2 is 1.14 bits per heavy atom. The molecule has 0 atom stereocenters.